The second kappa shape index (κ2) is 6.67. The van der Waals surface area contributed by atoms with E-state index >= 15 is 0 Å². The summed E-state index contributed by atoms with van der Waals surface area (Å²) >= 11 is 1.41. The molecule has 0 bridgehead atoms. The molecule has 0 aliphatic carbocycles. The number of aryl methyl sites for hydroxylation is 1. The van der Waals surface area contributed by atoms with E-state index in [1.165, 1.54) is 11.3 Å². The first kappa shape index (κ1) is 15.8. The average molecular weight is 358 g/mol. The number of hydrogen-bond donors (Lipinski definition) is 1. The fraction of sp³-hybridized carbons (Fsp3) is 0.375. The van der Waals surface area contributed by atoms with Crippen LogP contribution >= 0.6 is 11.3 Å². The molecule has 0 unspecified atom stereocenters. The van der Waals surface area contributed by atoms with Gasteiger partial charge in [0.1, 0.15) is 10.5 Å². The number of anilines is 2. The number of oxazole rings is 1. The van der Waals surface area contributed by atoms with Gasteiger partial charge in [-0.2, -0.15) is 4.98 Å². The molecular weight excluding hydrogens is 340 g/mol. The number of nitrogens with one attached hydrogen (secondary N) is 1. The van der Waals surface area contributed by atoms with Crippen molar-refractivity contribution in [3.05, 3.63) is 29.3 Å². The molecule has 1 aliphatic heterocycles. The molecule has 0 saturated carbocycles. The van der Waals surface area contributed by atoms with Crippen LogP contribution in [-0.2, 0) is 6.42 Å². The summed E-state index contributed by atoms with van der Waals surface area (Å²) in [6.45, 7) is 4.57. The van der Waals surface area contributed by atoms with Crippen LogP contribution in [0.5, 0.6) is 0 Å². The quantitative estimate of drug-likeness (QED) is 0.774. The lowest BCUT2D eigenvalue weighted by molar-refractivity contribution is 0.207. The van der Waals surface area contributed by atoms with Gasteiger partial charge in [-0.05, 0) is 18.6 Å². The van der Waals surface area contributed by atoms with Crippen molar-refractivity contribution < 1.29 is 9.21 Å². The number of fused-ring (bicyclic) bond motifs is 1. The summed E-state index contributed by atoms with van der Waals surface area (Å²) in [5.41, 5.74) is 1.63. The molecule has 0 atom stereocenters. The van der Waals surface area contributed by atoms with E-state index in [9.17, 15) is 4.79 Å². The Bertz CT molecular complexity index is 851. The fourth-order valence-electron chi connectivity index (χ4n) is 2.71. The predicted molar refractivity (Wildman–Crippen MR) is 96.1 cm³/mol. The van der Waals surface area contributed by atoms with Gasteiger partial charge < -0.3 is 14.2 Å². The van der Waals surface area contributed by atoms with Gasteiger partial charge in [-0.3, -0.25) is 5.32 Å². The number of rotatable bonds is 3. The van der Waals surface area contributed by atoms with E-state index in [1.54, 1.807) is 4.90 Å². The number of urea groups is 1. The maximum absolute atomic E-state index is 12.3. The van der Waals surface area contributed by atoms with Crippen LogP contribution in [0.4, 0.5) is 15.9 Å². The summed E-state index contributed by atoms with van der Waals surface area (Å²) < 4.78 is 5.79. The van der Waals surface area contributed by atoms with Gasteiger partial charge in [0.25, 0.3) is 6.01 Å². The van der Waals surface area contributed by atoms with Crippen LogP contribution in [0.2, 0.25) is 0 Å². The van der Waals surface area contributed by atoms with Crippen LogP contribution in [-0.4, -0.2) is 52.3 Å². The molecule has 1 N–H and O–H groups in total. The normalized spacial score (nSPS) is 14.9. The Kier molecular flexibility index (Phi) is 4.22. The van der Waals surface area contributed by atoms with E-state index in [0.29, 0.717) is 37.3 Å². The molecule has 1 saturated heterocycles. The molecule has 0 radical (unpaired) electrons. The third kappa shape index (κ3) is 3.27. The van der Waals surface area contributed by atoms with E-state index in [0.717, 1.165) is 22.5 Å². The Hall–Kier alpha value is -2.68. The van der Waals surface area contributed by atoms with Crippen molar-refractivity contribution in [2.45, 2.75) is 13.3 Å². The molecule has 1 fully saturated rings. The smallest absolute Gasteiger partial charge is 0.323 e. The van der Waals surface area contributed by atoms with Crippen molar-refractivity contribution in [1.82, 2.24) is 20.1 Å². The SMILES string of the molecule is CCc1nnc(NC(=O)N2CCN(c3nc4ccccc4o3)CC2)s1. The summed E-state index contributed by atoms with van der Waals surface area (Å²) in [7, 11) is 0. The lowest BCUT2D eigenvalue weighted by Crippen LogP contribution is -2.50. The van der Waals surface area contributed by atoms with Crippen LogP contribution < -0.4 is 10.2 Å². The highest BCUT2D eigenvalue weighted by Crippen LogP contribution is 2.23. The third-order valence-corrected chi connectivity index (χ3v) is 5.09. The number of amides is 2. The van der Waals surface area contributed by atoms with Crippen LogP contribution in [0.25, 0.3) is 11.1 Å². The van der Waals surface area contributed by atoms with Crippen LogP contribution in [0.3, 0.4) is 0 Å². The second-order valence-corrected chi connectivity index (χ2v) is 6.78. The third-order valence-electron chi connectivity index (χ3n) is 4.10. The van der Waals surface area contributed by atoms with Gasteiger partial charge in [-0.15, -0.1) is 10.2 Å². The van der Waals surface area contributed by atoms with Crippen molar-refractivity contribution in [3.8, 4) is 0 Å². The summed E-state index contributed by atoms with van der Waals surface area (Å²) in [5.74, 6) is 0. The van der Waals surface area contributed by atoms with E-state index in [4.69, 9.17) is 4.42 Å². The molecule has 3 heterocycles. The van der Waals surface area contributed by atoms with Gasteiger partial charge in [0.15, 0.2) is 5.58 Å². The number of aromatic nitrogens is 3. The maximum Gasteiger partial charge on any atom is 0.323 e. The topological polar surface area (TPSA) is 87.4 Å². The Labute approximate surface area is 148 Å². The number of carbonyl (C=O) groups excluding carboxylic acids is 1. The maximum atomic E-state index is 12.3. The average Bonchev–Trinajstić information content (AvgIpc) is 3.28. The minimum atomic E-state index is -0.143. The van der Waals surface area contributed by atoms with Crippen molar-refractivity contribution in [3.63, 3.8) is 0 Å². The summed E-state index contributed by atoms with van der Waals surface area (Å²) in [6, 6.07) is 8.17. The number of benzene rings is 1. The van der Waals surface area contributed by atoms with Gasteiger partial charge >= 0.3 is 6.03 Å². The molecule has 0 spiro atoms. The van der Waals surface area contributed by atoms with Gasteiger partial charge in [0.2, 0.25) is 5.13 Å². The van der Waals surface area contributed by atoms with E-state index in [-0.39, 0.29) is 6.03 Å². The highest BCUT2D eigenvalue weighted by molar-refractivity contribution is 7.15. The minimum Gasteiger partial charge on any atom is -0.423 e. The molecule has 130 valence electrons. The van der Waals surface area contributed by atoms with Crippen molar-refractivity contribution in [2.24, 2.45) is 0 Å². The molecule has 25 heavy (non-hydrogen) atoms. The fourth-order valence-corrected chi connectivity index (χ4v) is 3.38. The molecule has 3 aromatic rings. The number of para-hydroxylation sites is 2. The molecule has 1 aromatic carbocycles. The standard InChI is InChI=1S/C16H18N6O2S/c1-2-13-19-20-14(25-13)18-15(23)21-7-9-22(10-8-21)16-17-11-5-3-4-6-12(11)24-16/h3-6H,2,7-10H2,1H3,(H,18,20,23). The number of piperazine rings is 1. The van der Waals surface area contributed by atoms with Crippen molar-refractivity contribution in [2.75, 3.05) is 36.4 Å². The largest absolute Gasteiger partial charge is 0.423 e. The zero-order valence-electron chi connectivity index (χ0n) is 13.8. The van der Waals surface area contributed by atoms with Crippen LogP contribution in [0.15, 0.2) is 28.7 Å². The Morgan fingerprint density at radius 3 is 2.76 bits per heavy atom. The summed E-state index contributed by atoms with van der Waals surface area (Å²) in [4.78, 5) is 20.7. The van der Waals surface area contributed by atoms with E-state index < -0.39 is 0 Å². The Morgan fingerprint density at radius 2 is 2.04 bits per heavy atom. The van der Waals surface area contributed by atoms with Crippen LogP contribution in [0, 0.1) is 0 Å². The first-order valence-electron chi connectivity index (χ1n) is 8.22. The van der Waals surface area contributed by atoms with Crippen LogP contribution in [0.1, 0.15) is 11.9 Å². The Balaban J connectivity index is 1.36. The monoisotopic (exact) mass is 358 g/mol. The lowest BCUT2D eigenvalue weighted by atomic mass is 10.3. The zero-order chi connectivity index (χ0) is 17.2. The second-order valence-electron chi connectivity index (χ2n) is 5.72. The minimum absolute atomic E-state index is 0.143. The van der Waals surface area contributed by atoms with Gasteiger partial charge in [-0.25, -0.2) is 4.79 Å². The molecular formula is C16H18N6O2S. The van der Waals surface area contributed by atoms with E-state index in [1.807, 2.05) is 31.2 Å². The van der Waals surface area contributed by atoms with E-state index in [2.05, 4.69) is 25.4 Å². The summed E-state index contributed by atoms with van der Waals surface area (Å²) in [5, 5.41) is 12.3. The number of nitrogens with zero attached hydrogens (tertiary/aromatic N) is 5. The Morgan fingerprint density at radius 1 is 1.24 bits per heavy atom. The molecule has 4 rings (SSSR count). The molecule has 8 nitrogen and oxygen atoms in total. The van der Waals surface area contributed by atoms with Gasteiger partial charge in [0, 0.05) is 26.2 Å². The highest BCUT2D eigenvalue weighted by Gasteiger charge is 2.24. The number of carbonyl (C=O) groups is 1. The number of hydrogen-bond acceptors (Lipinski definition) is 7. The highest BCUT2D eigenvalue weighted by atomic mass is 32.1. The van der Waals surface area contributed by atoms with Crippen molar-refractivity contribution >= 4 is 39.6 Å². The first-order valence-corrected chi connectivity index (χ1v) is 9.03. The predicted octanol–water partition coefficient (Wildman–Crippen LogP) is 2.60. The molecule has 2 amide bonds. The molecule has 9 heteroatoms. The molecule has 2 aromatic heterocycles. The zero-order valence-corrected chi connectivity index (χ0v) is 14.6. The summed E-state index contributed by atoms with van der Waals surface area (Å²) in [6.07, 6.45) is 0.816. The van der Waals surface area contributed by atoms with Crippen molar-refractivity contribution in [1.29, 1.82) is 0 Å². The lowest BCUT2D eigenvalue weighted by Gasteiger charge is -2.33. The van der Waals surface area contributed by atoms with Gasteiger partial charge in [0.05, 0.1) is 0 Å². The molecule has 1 aliphatic rings. The first-order chi connectivity index (χ1) is 12.2. The van der Waals surface area contributed by atoms with Gasteiger partial charge in [-0.1, -0.05) is 30.4 Å².